The molecule has 0 radical (unpaired) electrons. The molecule has 0 aromatic heterocycles. The maximum atomic E-state index is 12.6. The minimum Gasteiger partial charge on any atom is -0.325 e. The zero-order valence-corrected chi connectivity index (χ0v) is 18.4. The molecule has 28 heavy (non-hydrogen) atoms. The lowest BCUT2D eigenvalue weighted by Gasteiger charge is -2.14. The van der Waals surface area contributed by atoms with Gasteiger partial charge in [-0.15, -0.1) is 11.8 Å². The lowest BCUT2D eigenvalue weighted by molar-refractivity contribution is -0.118. The van der Waals surface area contributed by atoms with Gasteiger partial charge in [0.25, 0.3) is 0 Å². The smallest absolute Gasteiger partial charge is 0.240 e. The SMILES string of the molecule is CSc1ccc(S(=O)(=O)NCCCc2ccc(C)cc2)cc1NC(=O)C(C)C. The molecule has 0 atom stereocenters. The number of hydrogen-bond acceptors (Lipinski definition) is 4. The third-order valence-electron chi connectivity index (χ3n) is 4.32. The van der Waals surface area contributed by atoms with Crippen molar-refractivity contribution in [1.29, 1.82) is 0 Å². The fraction of sp³-hybridized carbons (Fsp3) is 0.381. The van der Waals surface area contributed by atoms with E-state index in [4.69, 9.17) is 0 Å². The van der Waals surface area contributed by atoms with Crippen LogP contribution in [0, 0.1) is 12.8 Å². The van der Waals surface area contributed by atoms with Gasteiger partial charge in [-0.3, -0.25) is 4.79 Å². The summed E-state index contributed by atoms with van der Waals surface area (Å²) < 4.78 is 27.9. The third-order valence-corrected chi connectivity index (χ3v) is 6.57. The number of sulfonamides is 1. The number of hydrogen-bond donors (Lipinski definition) is 2. The van der Waals surface area contributed by atoms with E-state index in [0.29, 0.717) is 18.7 Å². The predicted molar refractivity (Wildman–Crippen MR) is 116 cm³/mol. The van der Waals surface area contributed by atoms with Gasteiger partial charge in [0.2, 0.25) is 15.9 Å². The Morgan fingerprint density at radius 1 is 1.11 bits per heavy atom. The van der Waals surface area contributed by atoms with E-state index in [-0.39, 0.29) is 16.7 Å². The standard InChI is InChI=1S/C21H28N2O3S2/c1-15(2)21(24)23-19-14-18(11-12-20(19)27-4)28(25,26)22-13-5-6-17-9-7-16(3)8-10-17/h7-12,14-15,22H,5-6,13H2,1-4H3,(H,23,24). The molecule has 2 aromatic rings. The predicted octanol–water partition coefficient (Wildman–Crippen LogP) is 4.22. The lowest BCUT2D eigenvalue weighted by Crippen LogP contribution is -2.25. The molecule has 5 nitrogen and oxygen atoms in total. The van der Waals surface area contributed by atoms with Gasteiger partial charge in [0.1, 0.15) is 0 Å². The van der Waals surface area contributed by atoms with E-state index in [2.05, 4.69) is 34.3 Å². The Kier molecular flexibility index (Phi) is 8.10. The maximum absolute atomic E-state index is 12.6. The van der Waals surface area contributed by atoms with Gasteiger partial charge in [-0.1, -0.05) is 43.7 Å². The second-order valence-corrected chi connectivity index (χ2v) is 9.61. The largest absolute Gasteiger partial charge is 0.325 e. The first-order valence-corrected chi connectivity index (χ1v) is 12.0. The van der Waals surface area contributed by atoms with E-state index in [1.165, 1.54) is 29.0 Å². The first-order chi connectivity index (χ1) is 13.2. The molecule has 0 spiro atoms. The number of nitrogens with one attached hydrogen (secondary N) is 2. The molecule has 0 heterocycles. The van der Waals surface area contributed by atoms with E-state index in [9.17, 15) is 13.2 Å². The van der Waals surface area contributed by atoms with Crippen molar-refractivity contribution in [2.45, 2.75) is 43.4 Å². The highest BCUT2D eigenvalue weighted by atomic mass is 32.2. The summed E-state index contributed by atoms with van der Waals surface area (Å²) in [5.74, 6) is -0.328. The van der Waals surface area contributed by atoms with Crippen molar-refractivity contribution in [3.05, 3.63) is 53.6 Å². The number of benzene rings is 2. The second kappa shape index (κ2) is 10.1. The van der Waals surface area contributed by atoms with Crippen molar-refractivity contribution in [1.82, 2.24) is 4.72 Å². The van der Waals surface area contributed by atoms with Gasteiger partial charge in [0.15, 0.2) is 0 Å². The van der Waals surface area contributed by atoms with Gasteiger partial charge in [0.05, 0.1) is 10.6 Å². The number of carbonyl (C=O) groups excluding carboxylic acids is 1. The molecule has 2 rings (SSSR count). The van der Waals surface area contributed by atoms with Gasteiger partial charge in [-0.25, -0.2) is 13.1 Å². The lowest BCUT2D eigenvalue weighted by atomic mass is 10.1. The summed E-state index contributed by atoms with van der Waals surface area (Å²) in [6.45, 7) is 5.99. The Labute approximate surface area is 172 Å². The van der Waals surface area contributed by atoms with Crippen LogP contribution in [0.15, 0.2) is 52.3 Å². The molecule has 0 aliphatic heterocycles. The topological polar surface area (TPSA) is 75.3 Å². The van der Waals surface area contributed by atoms with Crippen LogP contribution < -0.4 is 10.0 Å². The minimum absolute atomic E-state index is 0.143. The Hall–Kier alpha value is -1.83. The van der Waals surface area contributed by atoms with Gasteiger partial charge >= 0.3 is 0 Å². The molecule has 0 aliphatic rings. The fourth-order valence-electron chi connectivity index (χ4n) is 2.57. The molecule has 0 unspecified atom stereocenters. The normalized spacial score (nSPS) is 11.6. The summed E-state index contributed by atoms with van der Waals surface area (Å²) in [5.41, 5.74) is 2.92. The van der Waals surface area contributed by atoms with Crippen LogP contribution in [0.3, 0.4) is 0 Å². The molecule has 0 aliphatic carbocycles. The van der Waals surface area contributed by atoms with Crippen LogP contribution in [0.1, 0.15) is 31.4 Å². The summed E-state index contributed by atoms with van der Waals surface area (Å²) in [6, 6.07) is 13.1. The Morgan fingerprint density at radius 2 is 1.79 bits per heavy atom. The number of carbonyl (C=O) groups is 1. The zero-order valence-electron chi connectivity index (χ0n) is 16.8. The molecule has 0 fully saturated rings. The van der Waals surface area contributed by atoms with E-state index in [1.54, 1.807) is 26.0 Å². The minimum atomic E-state index is -3.64. The molecule has 2 aromatic carbocycles. The second-order valence-electron chi connectivity index (χ2n) is 6.99. The van der Waals surface area contributed by atoms with Crippen LogP contribution in [-0.2, 0) is 21.2 Å². The number of thioether (sulfide) groups is 1. The van der Waals surface area contributed by atoms with Crippen LogP contribution in [-0.4, -0.2) is 27.1 Å². The highest BCUT2D eigenvalue weighted by molar-refractivity contribution is 7.98. The van der Waals surface area contributed by atoms with Crippen molar-refractivity contribution >= 4 is 33.4 Å². The highest BCUT2D eigenvalue weighted by Crippen LogP contribution is 2.28. The Balaban J connectivity index is 2.03. The monoisotopic (exact) mass is 420 g/mol. The molecular weight excluding hydrogens is 392 g/mol. The van der Waals surface area contributed by atoms with E-state index in [0.717, 1.165) is 11.3 Å². The average Bonchev–Trinajstić information content (AvgIpc) is 2.66. The van der Waals surface area contributed by atoms with Gasteiger partial charge in [-0.2, -0.15) is 0 Å². The van der Waals surface area contributed by atoms with Gasteiger partial charge < -0.3 is 5.32 Å². The average molecular weight is 421 g/mol. The quantitative estimate of drug-likeness (QED) is 0.470. The summed E-state index contributed by atoms with van der Waals surface area (Å²) in [4.78, 5) is 13.0. The van der Waals surface area contributed by atoms with Crippen LogP contribution in [0.2, 0.25) is 0 Å². The van der Waals surface area contributed by atoms with Crippen LogP contribution >= 0.6 is 11.8 Å². The van der Waals surface area contributed by atoms with E-state index >= 15 is 0 Å². The first-order valence-electron chi connectivity index (χ1n) is 9.27. The summed E-state index contributed by atoms with van der Waals surface area (Å²) >= 11 is 1.46. The zero-order chi connectivity index (χ0) is 20.7. The highest BCUT2D eigenvalue weighted by Gasteiger charge is 2.17. The van der Waals surface area contributed by atoms with E-state index < -0.39 is 10.0 Å². The molecule has 0 saturated heterocycles. The number of anilines is 1. The fourth-order valence-corrected chi connectivity index (χ4v) is 4.20. The molecule has 1 amide bonds. The molecule has 2 N–H and O–H groups in total. The first kappa shape index (κ1) is 22.5. The maximum Gasteiger partial charge on any atom is 0.240 e. The van der Waals surface area contributed by atoms with Crippen molar-refractivity contribution in [3.8, 4) is 0 Å². The number of amides is 1. The number of rotatable bonds is 9. The molecular formula is C21H28N2O3S2. The molecule has 0 bridgehead atoms. The molecule has 7 heteroatoms. The van der Waals surface area contributed by atoms with Crippen molar-refractivity contribution in [2.24, 2.45) is 5.92 Å². The molecule has 152 valence electrons. The summed E-state index contributed by atoms with van der Waals surface area (Å²) in [7, 11) is -3.64. The van der Waals surface area contributed by atoms with Crippen LogP contribution in [0.25, 0.3) is 0 Å². The Morgan fingerprint density at radius 3 is 2.39 bits per heavy atom. The van der Waals surface area contributed by atoms with Crippen molar-refractivity contribution in [3.63, 3.8) is 0 Å². The summed E-state index contributed by atoms with van der Waals surface area (Å²) in [5, 5.41) is 2.81. The number of aryl methyl sites for hydroxylation is 2. The van der Waals surface area contributed by atoms with E-state index in [1.807, 2.05) is 13.2 Å². The Bertz CT molecular complexity index is 908. The van der Waals surface area contributed by atoms with Crippen LogP contribution in [0.4, 0.5) is 5.69 Å². The van der Waals surface area contributed by atoms with Crippen LogP contribution in [0.5, 0.6) is 0 Å². The van der Waals surface area contributed by atoms with Crippen molar-refractivity contribution < 1.29 is 13.2 Å². The summed E-state index contributed by atoms with van der Waals surface area (Å²) in [6.07, 6.45) is 3.41. The van der Waals surface area contributed by atoms with Gasteiger partial charge in [0, 0.05) is 17.4 Å². The molecule has 0 saturated carbocycles. The third kappa shape index (κ3) is 6.36. The van der Waals surface area contributed by atoms with Crippen molar-refractivity contribution in [2.75, 3.05) is 18.1 Å². The van der Waals surface area contributed by atoms with Gasteiger partial charge in [-0.05, 0) is 49.8 Å².